The van der Waals surface area contributed by atoms with Crippen LogP contribution in [0.15, 0.2) is 18.2 Å². The quantitative estimate of drug-likeness (QED) is 0.457. The van der Waals surface area contributed by atoms with Gasteiger partial charge in [0.1, 0.15) is 6.10 Å². The fourth-order valence-electron chi connectivity index (χ4n) is 1.38. The second-order valence-corrected chi connectivity index (χ2v) is 3.35. The van der Waals surface area contributed by atoms with Gasteiger partial charge in [0, 0.05) is 0 Å². The maximum Gasteiger partial charge on any atom is 0.337 e. The van der Waals surface area contributed by atoms with Gasteiger partial charge in [-0.1, -0.05) is 6.07 Å². The molecule has 2 unspecified atom stereocenters. The standard InChI is InChI=1S/C10H10FNO6/c1-18-10(15)9(14)8(13)5-3-2-4-6(11)7(5)12(16)17/h2-4,8-9,13-14H,1H3. The fraction of sp³-hybridized carbons (Fsp3) is 0.300. The van der Waals surface area contributed by atoms with Crippen molar-refractivity contribution >= 4 is 11.7 Å². The molecule has 1 aromatic rings. The highest BCUT2D eigenvalue weighted by atomic mass is 19.1. The molecule has 0 bridgehead atoms. The van der Waals surface area contributed by atoms with Crippen molar-refractivity contribution in [3.8, 4) is 0 Å². The number of nitro benzene ring substituents is 1. The van der Waals surface area contributed by atoms with Crippen molar-refractivity contribution in [1.82, 2.24) is 0 Å². The number of carbonyl (C=O) groups excluding carboxylic acids is 1. The first-order valence-corrected chi connectivity index (χ1v) is 4.77. The first-order chi connectivity index (χ1) is 8.40. The Morgan fingerprint density at radius 2 is 2.11 bits per heavy atom. The van der Waals surface area contributed by atoms with Crippen LogP contribution in [0.2, 0.25) is 0 Å². The summed E-state index contributed by atoms with van der Waals surface area (Å²) in [7, 11) is 0.970. The van der Waals surface area contributed by atoms with E-state index in [1.807, 2.05) is 0 Å². The number of rotatable bonds is 4. The van der Waals surface area contributed by atoms with Crippen LogP contribution >= 0.6 is 0 Å². The van der Waals surface area contributed by atoms with E-state index in [0.29, 0.717) is 0 Å². The number of aliphatic hydroxyl groups is 2. The third-order valence-corrected chi connectivity index (χ3v) is 2.26. The number of benzene rings is 1. The number of ether oxygens (including phenoxy) is 1. The Hall–Kier alpha value is -2.06. The molecule has 7 nitrogen and oxygen atoms in total. The molecule has 0 aliphatic carbocycles. The number of nitro groups is 1. The van der Waals surface area contributed by atoms with Gasteiger partial charge in [-0.25, -0.2) is 4.79 Å². The van der Waals surface area contributed by atoms with Gasteiger partial charge in [-0.2, -0.15) is 4.39 Å². The Labute approximate surface area is 101 Å². The van der Waals surface area contributed by atoms with Gasteiger partial charge in [0.05, 0.1) is 17.6 Å². The third-order valence-electron chi connectivity index (χ3n) is 2.26. The molecule has 1 rings (SSSR count). The summed E-state index contributed by atoms with van der Waals surface area (Å²) in [6, 6.07) is 2.99. The smallest absolute Gasteiger partial charge is 0.337 e. The second-order valence-electron chi connectivity index (χ2n) is 3.35. The molecule has 0 heterocycles. The van der Waals surface area contributed by atoms with Crippen molar-refractivity contribution in [2.45, 2.75) is 12.2 Å². The van der Waals surface area contributed by atoms with Crippen molar-refractivity contribution in [3.63, 3.8) is 0 Å². The number of carbonyl (C=O) groups is 1. The Bertz CT molecular complexity index is 477. The summed E-state index contributed by atoms with van der Waals surface area (Å²) in [4.78, 5) is 20.6. The number of aliphatic hydroxyl groups excluding tert-OH is 2. The van der Waals surface area contributed by atoms with Crippen LogP contribution in [0.5, 0.6) is 0 Å². The molecule has 98 valence electrons. The fourth-order valence-corrected chi connectivity index (χ4v) is 1.38. The highest BCUT2D eigenvalue weighted by Gasteiger charge is 2.33. The summed E-state index contributed by atoms with van der Waals surface area (Å²) in [6.45, 7) is 0. The summed E-state index contributed by atoms with van der Waals surface area (Å²) in [5.41, 5.74) is -1.49. The van der Waals surface area contributed by atoms with E-state index < -0.39 is 40.2 Å². The van der Waals surface area contributed by atoms with E-state index in [1.54, 1.807) is 0 Å². The average Bonchev–Trinajstić information content (AvgIpc) is 2.35. The van der Waals surface area contributed by atoms with E-state index in [4.69, 9.17) is 0 Å². The number of hydrogen-bond acceptors (Lipinski definition) is 6. The molecule has 8 heteroatoms. The van der Waals surface area contributed by atoms with Crippen LogP contribution in [0.3, 0.4) is 0 Å². The predicted octanol–water partition coefficient (Wildman–Crippen LogP) is 0.301. The number of para-hydroxylation sites is 1. The Kier molecular flexibility index (Phi) is 4.29. The van der Waals surface area contributed by atoms with Crippen molar-refractivity contribution in [2.24, 2.45) is 0 Å². The van der Waals surface area contributed by atoms with Crippen LogP contribution in [-0.4, -0.2) is 34.3 Å². The summed E-state index contributed by atoms with van der Waals surface area (Å²) < 4.78 is 17.4. The molecule has 0 fully saturated rings. The SMILES string of the molecule is COC(=O)C(O)C(O)c1cccc(F)c1[N+](=O)[O-]. The molecular formula is C10H10FNO6. The zero-order chi connectivity index (χ0) is 13.9. The first kappa shape index (κ1) is 14.0. The number of nitrogens with zero attached hydrogens (tertiary/aromatic N) is 1. The molecule has 0 aromatic heterocycles. The Balaban J connectivity index is 3.21. The molecule has 0 saturated carbocycles. The molecule has 0 saturated heterocycles. The van der Waals surface area contributed by atoms with Crippen LogP contribution in [-0.2, 0) is 9.53 Å². The second kappa shape index (κ2) is 5.52. The van der Waals surface area contributed by atoms with Crippen LogP contribution in [0.25, 0.3) is 0 Å². The topological polar surface area (TPSA) is 110 Å². The van der Waals surface area contributed by atoms with E-state index in [1.165, 1.54) is 0 Å². The highest BCUT2D eigenvalue weighted by molar-refractivity contribution is 5.75. The van der Waals surface area contributed by atoms with Gasteiger partial charge in [0.15, 0.2) is 6.10 Å². The van der Waals surface area contributed by atoms with Crippen molar-refractivity contribution < 1.29 is 29.1 Å². The van der Waals surface area contributed by atoms with Crippen LogP contribution in [0.4, 0.5) is 10.1 Å². The highest BCUT2D eigenvalue weighted by Crippen LogP contribution is 2.29. The summed E-state index contributed by atoms with van der Waals surface area (Å²) >= 11 is 0. The average molecular weight is 259 g/mol. The minimum atomic E-state index is -2.03. The molecule has 0 aliphatic rings. The lowest BCUT2D eigenvalue weighted by molar-refractivity contribution is -0.389. The molecule has 18 heavy (non-hydrogen) atoms. The largest absolute Gasteiger partial charge is 0.467 e. The first-order valence-electron chi connectivity index (χ1n) is 4.77. The lowest BCUT2D eigenvalue weighted by Crippen LogP contribution is -2.29. The molecule has 0 spiro atoms. The van der Waals surface area contributed by atoms with Crippen molar-refractivity contribution in [2.75, 3.05) is 7.11 Å². The van der Waals surface area contributed by atoms with Gasteiger partial charge in [-0.3, -0.25) is 10.1 Å². The summed E-state index contributed by atoms with van der Waals surface area (Å²) in [5.74, 6) is -2.35. The minimum Gasteiger partial charge on any atom is -0.467 e. The van der Waals surface area contributed by atoms with Gasteiger partial charge in [-0.05, 0) is 12.1 Å². The molecule has 1 aromatic carbocycles. The normalized spacial score (nSPS) is 13.8. The number of methoxy groups -OCH3 is 1. The van der Waals surface area contributed by atoms with E-state index in [-0.39, 0.29) is 0 Å². The number of halogens is 1. The molecule has 0 aliphatic heterocycles. The van der Waals surface area contributed by atoms with Crippen molar-refractivity contribution in [3.05, 3.63) is 39.7 Å². The molecular weight excluding hydrogens is 249 g/mol. The molecule has 0 amide bonds. The van der Waals surface area contributed by atoms with E-state index in [9.17, 15) is 29.5 Å². The number of esters is 1. The lowest BCUT2D eigenvalue weighted by Gasteiger charge is -2.15. The van der Waals surface area contributed by atoms with Crippen LogP contribution in [0, 0.1) is 15.9 Å². The zero-order valence-electron chi connectivity index (χ0n) is 9.24. The molecule has 2 N–H and O–H groups in total. The lowest BCUT2D eigenvalue weighted by atomic mass is 10.0. The van der Waals surface area contributed by atoms with Gasteiger partial charge in [-0.15, -0.1) is 0 Å². The van der Waals surface area contributed by atoms with Gasteiger partial charge < -0.3 is 14.9 Å². The van der Waals surface area contributed by atoms with Gasteiger partial charge in [0.2, 0.25) is 5.82 Å². The Morgan fingerprint density at radius 1 is 1.50 bits per heavy atom. The maximum atomic E-state index is 13.3. The monoisotopic (exact) mass is 259 g/mol. The zero-order valence-corrected chi connectivity index (χ0v) is 9.24. The van der Waals surface area contributed by atoms with Crippen molar-refractivity contribution in [1.29, 1.82) is 0 Å². The molecule has 2 atom stereocenters. The van der Waals surface area contributed by atoms with Crippen LogP contribution < -0.4 is 0 Å². The molecule has 0 radical (unpaired) electrons. The summed E-state index contributed by atoms with van der Waals surface area (Å²) in [6.07, 6.45) is -3.98. The van der Waals surface area contributed by atoms with Gasteiger partial charge >= 0.3 is 11.7 Å². The minimum absolute atomic E-state index is 0.502. The van der Waals surface area contributed by atoms with Gasteiger partial charge in [0.25, 0.3) is 0 Å². The third kappa shape index (κ3) is 2.60. The summed E-state index contributed by atoms with van der Waals surface area (Å²) in [5, 5.41) is 29.7. The predicted molar refractivity (Wildman–Crippen MR) is 56.0 cm³/mol. The van der Waals surface area contributed by atoms with Crippen LogP contribution in [0.1, 0.15) is 11.7 Å². The van der Waals surface area contributed by atoms with E-state index in [2.05, 4.69) is 4.74 Å². The van der Waals surface area contributed by atoms with E-state index >= 15 is 0 Å². The Morgan fingerprint density at radius 3 is 2.61 bits per heavy atom. The number of hydrogen-bond donors (Lipinski definition) is 2. The van der Waals surface area contributed by atoms with E-state index in [0.717, 1.165) is 25.3 Å². The maximum absolute atomic E-state index is 13.3.